The molecule has 1 N–H and O–H groups in total. The summed E-state index contributed by atoms with van der Waals surface area (Å²) in [5, 5.41) is 10.1. The number of rotatable bonds is 7. The quantitative estimate of drug-likeness (QED) is 0.0858. The topological polar surface area (TPSA) is 71.5 Å². The van der Waals surface area contributed by atoms with Crippen LogP contribution in [-0.4, -0.2) is 39.5 Å². The van der Waals surface area contributed by atoms with Gasteiger partial charge in [0.1, 0.15) is 17.5 Å². The summed E-state index contributed by atoms with van der Waals surface area (Å²) in [5.41, 5.74) is 0.649. The van der Waals surface area contributed by atoms with Gasteiger partial charge in [0, 0.05) is 40.1 Å². The summed E-state index contributed by atoms with van der Waals surface area (Å²) < 4.78 is 121. The van der Waals surface area contributed by atoms with Gasteiger partial charge in [-0.25, -0.2) is 18.0 Å². The molecule has 1 amide bonds. The lowest BCUT2D eigenvalue weighted by Gasteiger charge is -2.31. The molecule has 1 unspecified atom stereocenters. The monoisotopic (exact) mass is 718 g/mol. The highest BCUT2D eigenvalue weighted by Gasteiger charge is 2.34. The Bertz CT molecular complexity index is 1750. The van der Waals surface area contributed by atoms with Crippen molar-refractivity contribution in [1.29, 1.82) is 0 Å². The average molecular weight is 719 g/mol. The van der Waals surface area contributed by atoms with Crippen LogP contribution in [0.1, 0.15) is 68.4 Å². The highest BCUT2D eigenvalue weighted by Crippen LogP contribution is 2.42. The number of benzene rings is 3. The third kappa shape index (κ3) is 8.24. The smallest absolute Gasteiger partial charge is 0.416 e. The number of alkyl halides is 3. The van der Waals surface area contributed by atoms with Crippen molar-refractivity contribution >= 4 is 23.6 Å². The third-order valence-electron chi connectivity index (χ3n) is 7.68. The summed E-state index contributed by atoms with van der Waals surface area (Å²) in [6.07, 6.45) is -2.15. The molecule has 0 radical (unpaired) electrons. The van der Waals surface area contributed by atoms with E-state index in [2.05, 4.69) is 4.84 Å². The fourth-order valence-corrected chi connectivity index (χ4v) is 6.01. The number of hydrogen-bond acceptors (Lipinski definition) is 7. The lowest BCUT2D eigenvalue weighted by molar-refractivity contribution is -0.194. The molecule has 0 aromatic heterocycles. The zero-order chi connectivity index (χ0) is 35.8. The molecule has 3 aromatic carbocycles. The summed E-state index contributed by atoms with van der Waals surface area (Å²) in [6.45, 7) is 5.54. The molecule has 264 valence electrons. The van der Waals surface area contributed by atoms with E-state index in [0.29, 0.717) is 42.3 Å². The Morgan fingerprint density at radius 3 is 2.22 bits per heavy atom. The van der Waals surface area contributed by atoms with Crippen LogP contribution < -0.4 is 9.57 Å². The van der Waals surface area contributed by atoms with E-state index in [1.165, 1.54) is 17.0 Å². The number of amides is 1. The molecule has 0 saturated carbocycles. The Morgan fingerprint density at radius 2 is 1.61 bits per heavy atom. The van der Waals surface area contributed by atoms with Crippen LogP contribution in [0.3, 0.4) is 0 Å². The van der Waals surface area contributed by atoms with Gasteiger partial charge in [-0.1, -0.05) is 12.1 Å². The highest BCUT2D eigenvalue weighted by molar-refractivity contribution is 7.96. The van der Waals surface area contributed by atoms with Crippen LogP contribution in [0.4, 0.5) is 39.9 Å². The Hall–Kier alpha value is -4.02. The number of hydrogen-bond donors (Lipinski definition) is 1. The van der Waals surface area contributed by atoms with Crippen molar-refractivity contribution in [3.63, 3.8) is 0 Å². The van der Waals surface area contributed by atoms with E-state index in [1.807, 2.05) is 0 Å². The average Bonchev–Trinajstić information content (AvgIpc) is 3.04. The van der Waals surface area contributed by atoms with Gasteiger partial charge in [0.2, 0.25) is 34.8 Å². The molecule has 49 heavy (non-hydrogen) atoms. The first kappa shape index (κ1) is 36.3. The molecule has 0 fully saturated rings. The number of halogens is 8. The number of carbonyl (C=O) groups is 1. The summed E-state index contributed by atoms with van der Waals surface area (Å²) in [6, 6.07) is 7.93. The Labute approximate surface area is 280 Å². The largest absolute Gasteiger partial charge is 0.485 e. The van der Waals surface area contributed by atoms with Crippen LogP contribution in [-0.2, 0) is 17.3 Å². The zero-order valence-electron chi connectivity index (χ0n) is 26.3. The first-order valence-electron chi connectivity index (χ1n) is 15.0. The number of fused-ring (bicyclic) bond motifs is 1. The zero-order valence-corrected chi connectivity index (χ0v) is 27.1. The van der Waals surface area contributed by atoms with Crippen molar-refractivity contribution in [2.24, 2.45) is 0 Å². The Kier molecular flexibility index (Phi) is 10.4. The molecule has 1 aliphatic heterocycles. The van der Waals surface area contributed by atoms with Gasteiger partial charge >= 0.3 is 12.3 Å². The van der Waals surface area contributed by atoms with Gasteiger partial charge in [0.05, 0.1) is 5.56 Å². The second kappa shape index (κ2) is 14.1. The highest BCUT2D eigenvalue weighted by atomic mass is 32.2. The summed E-state index contributed by atoms with van der Waals surface area (Å²) in [5.74, 6) is -12.9. The van der Waals surface area contributed by atoms with Crippen LogP contribution in [0.25, 0.3) is 5.57 Å². The first-order chi connectivity index (χ1) is 22.9. The van der Waals surface area contributed by atoms with Gasteiger partial charge in [-0.3, -0.25) is 5.21 Å². The molecule has 5 rings (SSSR count). The maximum atomic E-state index is 14.0. The molecule has 0 saturated heterocycles. The van der Waals surface area contributed by atoms with Crippen molar-refractivity contribution in [3.8, 4) is 11.5 Å². The van der Waals surface area contributed by atoms with E-state index >= 15 is 0 Å². The maximum Gasteiger partial charge on any atom is 0.416 e. The SMILES string of the molecule is CC(C)(C)OC(=O)N1CC=C(c2cc(C(F)(F)F)ccc2OC2CCCc3cc(SN(O)Oc4c(F)c(F)c(F)c(F)c4F)ccc32)CC1. The minimum Gasteiger partial charge on any atom is -0.485 e. The predicted molar refractivity (Wildman–Crippen MR) is 161 cm³/mol. The minimum atomic E-state index is -4.61. The summed E-state index contributed by atoms with van der Waals surface area (Å²) in [7, 11) is 0. The molecular weight excluding hydrogens is 688 g/mol. The first-order valence-corrected chi connectivity index (χ1v) is 15.7. The second-order valence-corrected chi connectivity index (χ2v) is 13.3. The van der Waals surface area contributed by atoms with Crippen molar-refractivity contribution in [2.45, 2.75) is 69.2 Å². The molecule has 16 heteroatoms. The maximum absolute atomic E-state index is 14.0. The van der Waals surface area contributed by atoms with Gasteiger partial charge in [-0.15, -0.1) is 0 Å². The summed E-state index contributed by atoms with van der Waals surface area (Å²) >= 11 is 0.383. The molecule has 0 bridgehead atoms. The molecule has 1 heterocycles. The fraction of sp³-hybridized carbons (Fsp3) is 0.364. The standard InChI is InChI=1S/C33H30F8N2O5S/c1-32(2,3)47-31(44)42-13-11-17(12-14-42)22-16-19(33(39,40)41)7-10-24(22)46-23-6-4-5-18-15-20(8-9-21(18)23)49-43(45)48-30-28(37)26(35)25(34)27(36)29(30)38/h7-11,15-16,23,45H,4-6,12-14H2,1-3H3. The van der Waals surface area contributed by atoms with E-state index in [9.17, 15) is 45.1 Å². The van der Waals surface area contributed by atoms with Gasteiger partial charge in [0.15, 0.2) is 0 Å². The second-order valence-electron chi connectivity index (χ2n) is 12.3. The number of aryl methyl sites for hydroxylation is 1. The number of carbonyl (C=O) groups excluding carboxylic acids is 1. The van der Waals surface area contributed by atoms with Crippen LogP contribution in [0.2, 0.25) is 0 Å². The molecule has 1 atom stereocenters. The van der Waals surface area contributed by atoms with E-state index in [4.69, 9.17) is 9.47 Å². The Balaban J connectivity index is 1.35. The van der Waals surface area contributed by atoms with E-state index in [0.717, 1.165) is 17.7 Å². The predicted octanol–water partition coefficient (Wildman–Crippen LogP) is 9.57. The lowest BCUT2D eigenvalue weighted by Crippen LogP contribution is -2.39. The van der Waals surface area contributed by atoms with Gasteiger partial charge < -0.3 is 19.2 Å². The van der Waals surface area contributed by atoms with Crippen LogP contribution in [0, 0.1) is 29.1 Å². The molecule has 0 spiro atoms. The van der Waals surface area contributed by atoms with Crippen molar-refractivity contribution in [3.05, 3.63) is 93.8 Å². The fourth-order valence-electron chi connectivity index (χ4n) is 5.40. The molecule has 3 aromatic rings. The molecule has 2 aliphatic rings. The normalized spacial score (nSPS) is 16.7. The molecule has 1 aliphatic carbocycles. The van der Waals surface area contributed by atoms with Crippen LogP contribution in [0.5, 0.6) is 11.5 Å². The number of ether oxygens (including phenoxy) is 2. The molecule has 7 nitrogen and oxygen atoms in total. The van der Waals surface area contributed by atoms with E-state index in [1.54, 1.807) is 39.0 Å². The van der Waals surface area contributed by atoms with Gasteiger partial charge in [0.25, 0.3) is 0 Å². The molecular formula is C33H30F8N2O5S. The Morgan fingerprint density at radius 1 is 0.939 bits per heavy atom. The van der Waals surface area contributed by atoms with Crippen molar-refractivity contribution in [2.75, 3.05) is 13.1 Å². The third-order valence-corrected chi connectivity index (χ3v) is 8.37. The van der Waals surface area contributed by atoms with Gasteiger partial charge in [-0.05, 0) is 93.5 Å². The van der Waals surface area contributed by atoms with Crippen LogP contribution in [0.15, 0.2) is 47.4 Å². The lowest BCUT2D eigenvalue weighted by atomic mass is 9.89. The number of nitrogens with zero attached hydrogens (tertiary/aromatic N) is 2. The van der Waals surface area contributed by atoms with Crippen LogP contribution >= 0.6 is 11.9 Å². The van der Waals surface area contributed by atoms with E-state index in [-0.39, 0.29) is 40.4 Å². The summed E-state index contributed by atoms with van der Waals surface area (Å²) in [4.78, 5) is 18.7. The van der Waals surface area contributed by atoms with Gasteiger partial charge in [-0.2, -0.15) is 22.0 Å². The van der Waals surface area contributed by atoms with Crippen molar-refractivity contribution < 1.29 is 59.4 Å². The van der Waals surface area contributed by atoms with Crippen molar-refractivity contribution in [1.82, 2.24) is 9.53 Å². The van der Waals surface area contributed by atoms with E-state index < -0.39 is 64.4 Å². The minimum absolute atomic E-state index is 0.128.